The van der Waals surface area contributed by atoms with Crippen molar-refractivity contribution in [1.29, 1.82) is 0 Å². The molecule has 0 aliphatic rings. The molecule has 0 aromatic heterocycles. The first-order valence-corrected chi connectivity index (χ1v) is 8.86. The van der Waals surface area contributed by atoms with Crippen LogP contribution in [0.2, 0.25) is 0 Å². The monoisotopic (exact) mass is 364 g/mol. The van der Waals surface area contributed by atoms with Crippen LogP contribution in [-0.4, -0.2) is 68.4 Å². The number of hydrogen-bond donors (Lipinski definition) is 2. The quantitative estimate of drug-likeness (QED) is 0.365. The van der Waals surface area contributed by atoms with E-state index >= 15 is 0 Å². The van der Waals surface area contributed by atoms with Gasteiger partial charge in [-0.15, -0.1) is 0 Å². The molecule has 1 amide bonds. The Labute approximate surface area is 147 Å². The summed E-state index contributed by atoms with van der Waals surface area (Å²) in [7, 11) is 1.24. The van der Waals surface area contributed by atoms with Crippen molar-refractivity contribution < 1.29 is 28.6 Å². The van der Waals surface area contributed by atoms with Crippen molar-refractivity contribution in [2.24, 2.45) is 11.7 Å². The third-order valence-corrected chi connectivity index (χ3v) is 3.76. The second-order valence-corrected chi connectivity index (χ2v) is 6.69. The summed E-state index contributed by atoms with van der Waals surface area (Å²) in [5, 5.41) is 2.54. The van der Waals surface area contributed by atoms with Crippen LogP contribution in [0.15, 0.2) is 0 Å². The molecule has 0 rings (SSSR count). The smallest absolute Gasteiger partial charge is 0.330 e. The van der Waals surface area contributed by atoms with E-state index < -0.39 is 24.0 Å². The fourth-order valence-electron chi connectivity index (χ4n) is 1.54. The van der Waals surface area contributed by atoms with Crippen molar-refractivity contribution in [2.45, 2.75) is 32.9 Å². The Morgan fingerprint density at radius 1 is 1.21 bits per heavy atom. The highest BCUT2D eigenvalue weighted by atomic mass is 32.2. The van der Waals surface area contributed by atoms with Crippen molar-refractivity contribution in [3.05, 3.63) is 0 Å². The maximum absolute atomic E-state index is 12.0. The number of nitrogens with two attached hydrogens (primary N) is 1. The van der Waals surface area contributed by atoms with Gasteiger partial charge >= 0.3 is 11.9 Å². The minimum Gasteiger partial charge on any atom is -0.467 e. The number of hydrogen-bond acceptors (Lipinski definition) is 8. The van der Waals surface area contributed by atoms with Gasteiger partial charge in [0.05, 0.1) is 19.8 Å². The van der Waals surface area contributed by atoms with Gasteiger partial charge in [-0.3, -0.25) is 9.59 Å². The zero-order chi connectivity index (χ0) is 18.5. The van der Waals surface area contributed by atoms with E-state index in [0.717, 1.165) is 0 Å². The van der Waals surface area contributed by atoms with Crippen LogP contribution >= 0.6 is 11.8 Å². The van der Waals surface area contributed by atoms with Crippen LogP contribution in [0.1, 0.15) is 20.8 Å². The number of rotatable bonds is 12. The zero-order valence-electron chi connectivity index (χ0n) is 14.7. The molecule has 24 heavy (non-hydrogen) atoms. The lowest BCUT2D eigenvalue weighted by atomic mass is 10.2. The predicted octanol–water partition coefficient (Wildman–Crippen LogP) is -0.0596. The second-order valence-electron chi connectivity index (χ2n) is 5.54. The summed E-state index contributed by atoms with van der Waals surface area (Å²) in [6, 6.07) is -1.68. The van der Waals surface area contributed by atoms with Crippen LogP contribution in [0.5, 0.6) is 0 Å². The van der Waals surface area contributed by atoms with Crippen LogP contribution in [0, 0.1) is 5.92 Å². The summed E-state index contributed by atoms with van der Waals surface area (Å²) in [6.45, 7) is 6.06. The summed E-state index contributed by atoms with van der Waals surface area (Å²) >= 11 is 1.38. The first kappa shape index (κ1) is 22.7. The molecule has 9 heteroatoms. The van der Waals surface area contributed by atoms with E-state index in [-0.39, 0.29) is 19.2 Å². The fraction of sp³-hybridized carbons (Fsp3) is 0.800. The molecule has 0 aliphatic carbocycles. The van der Waals surface area contributed by atoms with Gasteiger partial charge in [0, 0.05) is 25.0 Å². The molecule has 0 unspecified atom stereocenters. The van der Waals surface area contributed by atoms with E-state index in [1.807, 2.05) is 13.8 Å². The molecular weight excluding hydrogens is 336 g/mol. The predicted molar refractivity (Wildman–Crippen MR) is 91.5 cm³/mol. The summed E-state index contributed by atoms with van der Waals surface area (Å²) in [5.74, 6) is -0.193. The molecule has 8 nitrogen and oxygen atoms in total. The van der Waals surface area contributed by atoms with Crippen LogP contribution in [-0.2, 0) is 28.6 Å². The standard InChI is InChI=1S/C15H28N2O6S/c1-10(2)7-22-8-13(15(20)21-4)17-14(19)12(16)9-24-6-5-23-11(3)18/h10,12-13H,5-9,16H2,1-4H3,(H,17,19)/t12-,13-/m0/s1. The van der Waals surface area contributed by atoms with E-state index in [1.54, 1.807) is 0 Å². The number of carbonyl (C=O) groups excluding carboxylic acids is 3. The minimum absolute atomic E-state index is 0.0307. The van der Waals surface area contributed by atoms with Crippen molar-refractivity contribution in [3.8, 4) is 0 Å². The van der Waals surface area contributed by atoms with Crippen molar-refractivity contribution >= 4 is 29.6 Å². The summed E-state index contributed by atoms with van der Waals surface area (Å²) in [4.78, 5) is 34.4. The number of esters is 2. The number of amides is 1. The Morgan fingerprint density at radius 2 is 1.88 bits per heavy atom. The lowest BCUT2D eigenvalue weighted by Crippen LogP contribution is -2.51. The van der Waals surface area contributed by atoms with Gasteiger partial charge in [-0.1, -0.05) is 13.8 Å². The SMILES string of the molecule is COC(=O)[C@H](COCC(C)C)NC(=O)[C@@H](N)CSCCOC(C)=O. The summed E-state index contributed by atoms with van der Waals surface area (Å²) < 4.78 is 14.8. The highest BCUT2D eigenvalue weighted by Gasteiger charge is 2.24. The maximum Gasteiger partial charge on any atom is 0.330 e. The number of carbonyl (C=O) groups is 3. The Balaban J connectivity index is 4.22. The molecular formula is C15H28N2O6S. The molecule has 0 saturated heterocycles. The number of methoxy groups -OCH3 is 1. The molecule has 0 bridgehead atoms. The van der Waals surface area contributed by atoms with Crippen molar-refractivity contribution in [1.82, 2.24) is 5.32 Å². The van der Waals surface area contributed by atoms with Gasteiger partial charge in [-0.2, -0.15) is 11.8 Å². The molecule has 0 spiro atoms. The molecule has 0 heterocycles. The number of thioether (sulfide) groups is 1. The summed E-state index contributed by atoms with van der Waals surface area (Å²) in [5.41, 5.74) is 5.79. The van der Waals surface area contributed by atoms with E-state index in [9.17, 15) is 14.4 Å². The first-order chi connectivity index (χ1) is 11.3. The first-order valence-electron chi connectivity index (χ1n) is 7.70. The fourth-order valence-corrected chi connectivity index (χ4v) is 2.31. The molecule has 0 aromatic rings. The topological polar surface area (TPSA) is 117 Å². The third-order valence-electron chi connectivity index (χ3n) is 2.71. The lowest BCUT2D eigenvalue weighted by molar-refractivity contribution is -0.147. The third kappa shape index (κ3) is 11.3. The highest BCUT2D eigenvalue weighted by Crippen LogP contribution is 2.03. The molecule has 0 saturated carbocycles. The van der Waals surface area contributed by atoms with Gasteiger partial charge in [0.2, 0.25) is 5.91 Å². The highest BCUT2D eigenvalue weighted by molar-refractivity contribution is 7.99. The minimum atomic E-state index is -0.890. The Morgan fingerprint density at radius 3 is 2.42 bits per heavy atom. The lowest BCUT2D eigenvalue weighted by Gasteiger charge is -2.19. The van der Waals surface area contributed by atoms with Crippen LogP contribution in [0.3, 0.4) is 0 Å². The van der Waals surface area contributed by atoms with E-state index in [1.165, 1.54) is 25.8 Å². The van der Waals surface area contributed by atoms with E-state index in [0.29, 0.717) is 24.0 Å². The number of ether oxygens (including phenoxy) is 3. The van der Waals surface area contributed by atoms with Crippen molar-refractivity contribution in [3.63, 3.8) is 0 Å². The van der Waals surface area contributed by atoms with Crippen LogP contribution in [0.25, 0.3) is 0 Å². The Bertz CT molecular complexity index is 405. The summed E-state index contributed by atoms with van der Waals surface area (Å²) in [6.07, 6.45) is 0. The molecule has 140 valence electrons. The number of nitrogens with one attached hydrogen (secondary N) is 1. The molecule has 0 fully saturated rings. The molecule has 3 N–H and O–H groups in total. The van der Waals surface area contributed by atoms with Gasteiger partial charge in [-0.05, 0) is 5.92 Å². The van der Waals surface area contributed by atoms with Crippen LogP contribution < -0.4 is 11.1 Å². The average molecular weight is 364 g/mol. The maximum atomic E-state index is 12.0. The van der Waals surface area contributed by atoms with Gasteiger partial charge in [0.25, 0.3) is 0 Å². The molecule has 2 atom stereocenters. The van der Waals surface area contributed by atoms with E-state index in [4.69, 9.17) is 15.2 Å². The van der Waals surface area contributed by atoms with Gasteiger partial charge in [0.15, 0.2) is 6.04 Å². The van der Waals surface area contributed by atoms with Crippen LogP contribution in [0.4, 0.5) is 0 Å². The Kier molecular flexibility index (Phi) is 12.3. The van der Waals surface area contributed by atoms with Crippen molar-refractivity contribution in [2.75, 3.05) is 38.4 Å². The van der Waals surface area contributed by atoms with Gasteiger partial charge < -0.3 is 25.3 Å². The molecule has 0 radical (unpaired) electrons. The zero-order valence-corrected chi connectivity index (χ0v) is 15.5. The second kappa shape index (κ2) is 13.0. The normalized spacial score (nSPS) is 13.2. The Hall–Kier alpha value is -1.32. The van der Waals surface area contributed by atoms with E-state index in [2.05, 4.69) is 10.1 Å². The largest absolute Gasteiger partial charge is 0.467 e. The molecule has 0 aromatic carbocycles. The van der Waals surface area contributed by atoms with Gasteiger partial charge in [0.1, 0.15) is 6.61 Å². The average Bonchev–Trinajstić information content (AvgIpc) is 2.51. The van der Waals surface area contributed by atoms with Gasteiger partial charge in [-0.25, -0.2) is 4.79 Å². The molecule has 0 aliphatic heterocycles.